The SMILES string of the molecule is CC(C)C(NC(=O)OC(C)(C)C)C(=O)N1C[C@H]2[C@@H]([C@H]1C(=O)NC(CC1CC1)C(=O)C(N)=O)C2(C)C. The van der Waals surface area contributed by atoms with Gasteiger partial charge in [-0.25, -0.2) is 4.79 Å². The zero-order valence-corrected chi connectivity index (χ0v) is 21.8. The highest BCUT2D eigenvalue weighted by molar-refractivity contribution is 6.37. The van der Waals surface area contributed by atoms with Crippen molar-refractivity contribution in [2.45, 2.75) is 91.5 Å². The van der Waals surface area contributed by atoms with E-state index in [0.717, 1.165) is 12.8 Å². The molecule has 2 aliphatic carbocycles. The summed E-state index contributed by atoms with van der Waals surface area (Å²) >= 11 is 0. The van der Waals surface area contributed by atoms with Crippen LogP contribution in [0.5, 0.6) is 0 Å². The molecule has 10 nitrogen and oxygen atoms in total. The monoisotopic (exact) mass is 492 g/mol. The third kappa shape index (κ3) is 5.95. The molecule has 2 unspecified atom stereocenters. The lowest BCUT2D eigenvalue weighted by atomic mass is 9.96. The van der Waals surface area contributed by atoms with Crippen LogP contribution in [0.3, 0.4) is 0 Å². The second-order valence-corrected chi connectivity index (χ2v) is 12.2. The maximum absolute atomic E-state index is 13.6. The van der Waals surface area contributed by atoms with Crippen LogP contribution in [-0.4, -0.2) is 64.8 Å². The lowest BCUT2D eigenvalue weighted by Gasteiger charge is -2.35. The Bertz CT molecular complexity index is 904. The molecule has 1 saturated heterocycles. The molecule has 196 valence electrons. The summed E-state index contributed by atoms with van der Waals surface area (Å²) < 4.78 is 5.33. The molecule has 0 aromatic rings. The van der Waals surface area contributed by atoms with E-state index in [-0.39, 0.29) is 35.0 Å². The molecule has 0 radical (unpaired) electrons. The van der Waals surface area contributed by atoms with Gasteiger partial charge in [0.1, 0.15) is 17.7 Å². The maximum atomic E-state index is 13.6. The summed E-state index contributed by atoms with van der Waals surface area (Å²) in [5.74, 6) is -2.65. The molecule has 3 rings (SSSR count). The molecule has 5 atom stereocenters. The predicted octanol–water partition coefficient (Wildman–Crippen LogP) is 1.36. The van der Waals surface area contributed by atoms with Gasteiger partial charge < -0.3 is 26.0 Å². The van der Waals surface area contributed by atoms with Gasteiger partial charge in [0.2, 0.25) is 17.6 Å². The average molecular weight is 493 g/mol. The first kappa shape index (κ1) is 26.9. The van der Waals surface area contributed by atoms with E-state index >= 15 is 0 Å². The molecule has 3 fully saturated rings. The first-order valence-corrected chi connectivity index (χ1v) is 12.5. The van der Waals surface area contributed by atoms with E-state index in [1.165, 1.54) is 4.90 Å². The van der Waals surface area contributed by atoms with E-state index in [2.05, 4.69) is 24.5 Å². The summed E-state index contributed by atoms with van der Waals surface area (Å²) in [5, 5.41) is 5.40. The Labute approximate surface area is 207 Å². The Hall–Kier alpha value is -2.65. The second kappa shape index (κ2) is 9.43. The van der Waals surface area contributed by atoms with Crippen LogP contribution in [0.15, 0.2) is 0 Å². The number of ketones is 1. The molecule has 0 spiro atoms. The Kier molecular flexibility index (Phi) is 7.26. The summed E-state index contributed by atoms with van der Waals surface area (Å²) in [5.41, 5.74) is 4.37. The number of amides is 4. The fraction of sp³-hybridized carbons (Fsp3) is 0.800. The van der Waals surface area contributed by atoms with E-state index in [4.69, 9.17) is 10.5 Å². The van der Waals surface area contributed by atoms with Gasteiger partial charge in [0, 0.05) is 6.54 Å². The molecule has 3 aliphatic rings. The maximum Gasteiger partial charge on any atom is 0.408 e. The normalized spacial score (nSPS) is 26.4. The van der Waals surface area contributed by atoms with Crippen molar-refractivity contribution in [2.75, 3.05) is 6.54 Å². The van der Waals surface area contributed by atoms with Gasteiger partial charge >= 0.3 is 6.09 Å². The molecule has 0 aromatic heterocycles. The van der Waals surface area contributed by atoms with Crippen LogP contribution in [0.1, 0.15) is 67.7 Å². The molecular weight excluding hydrogens is 452 g/mol. The number of alkyl carbamates (subject to hydrolysis) is 1. The van der Waals surface area contributed by atoms with Crippen LogP contribution in [-0.2, 0) is 23.9 Å². The number of ether oxygens (including phenoxy) is 1. The minimum Gasteiger partial charge on any atom is -0.444 e. The fourth-order valence-corrected chi connectivity index (χ4v) is 5.29. The van der Waals surface area contributed by atoms with Crippen molar-refractivity contribution in [2.24, 2.45) is 34.8 Å². The molecule has 1 aliphatic heterocycles. The first-order chi connectivity index (χ1) is 16.0. The van der Waals surface area contributed by atoms with Crippen molar-refractivity contribution in [1.82, 2.24) is 15.5 Å². The van der Waals surface area contributed by atoms with E-state index in [9.17, 15) is 24.0 Å². The highest BCUT2D eigenvalue weighted by Gasteiger charge is 2.69. The Morgan fingerprint density at radius 2 is 1.69 bits per heavy atom. The quantitative estimate of drug-likeness (QED) is 0.414. The van der Waals surface area contributed by atoms with Crippen LogP contribution in [0.2, 0.25) is 0 Å². The van der Waals surface area contributed by atoms with Crippen LogP contribution >= 0.6 is 0 Å². The third-order valence-corrected chi connectivity index (χ3v) is 7.51. The van der Waals surface area contributed by atoms with Gasteiger partial charge in [0.25, 0.3) is 5.91 Å². The van der Waals surface area contributed by atoms with Gasteiger partial charge in [0.15, 0.2) is 0 Å². The molecule has 1 heterocycles. The van der Waals surface area contributed by atoms with E-state index in [1.54, 1.807) is 20.8 Å². The molecule has 35 heavy (non-hydrogen) atoms. The second-order valence-electron chi connectivity index (χ2n) is 12.2. The predicted molar refractivity (Wildman–Crippen MR) is 128 cm³/mol. The average Bonchev–Trinajstić information content (AvgIpc) is 3.56. The highest BCUT2D eigenvalue weighted by atomic mass is 16.6. The van der Waals surface area contributed by atoms with Gasteiger partial charge in [-0.05, 0) is 56.3 Å². The summed E-state index contributed by atoms with van der Waals surface area (Å²) in [6, 6.07) is -2.67. The molecule has 4 N–H and O–H groups in total. The standard InChI is InChI=1S/C25H40N4O6/c1-12(2)17(28-23(34)35-24(3,4)5)22(33)29-11-14-16(25(14,6)7)18(29)21(32)27-15(10-13-8-9-13)19(30)20(26)31/h12-18H,8-11H2,1-7H3,(H2,26,31)(H,27,32)(H,28,34)/t14-,15?,16-,17?,18-/m0/s1. The van der Waals surface area contributed by atoms with E-state index in [0.29, 0.717) is 13.0 Å². The van der Waals surface area contributed by atoms with Gasteiger partial charge in [-0.2, -0.15) is 0 Å². The molecule has 4 amide bonds. The zero-order valence-electron chi connectivity index (χ0n) is 21.8. The van der Waals surface area contributed by atoms with E-state index in [1.807, 2.05) is 13.8 Å². The Balaban J connectivity index is 1.79. The summed E-state index contributed by atoms with van der Waals surface area (Å²) in [4.78, 5) is 65.0. The number of Topliss-reactive ketones (excluding diaryl/α,β-unsaturated/α-hetero) is 1. The molecule has 10 heteroatoms. The number of hydrogen-bond acceptors (Lipinski definition) is 6. The van der Waals surface area contributed by atoms with Gasteiger partial charge in [-0.1, -0.05) is 40.5 Å². The molecular formula is C25H40N4O6. The molecule has 0 aromatic carbocycles. The van der Waals surface area contributed by atoms with Gasteiger partial charge in [-0.3, -0.25) is 19.2 Å². The molecule has 0 bridgehead atoms. The zero-order chi connectivity index (χ0) is 26.5. The van der Waals surface area contributed by atoms with Crippen molar-refractivity contribution in [3.63, 3.8) is 0 Å². The minimum absolute atomic E-state index is 0.0777. The lowest BCUT2D eigenvalue weighted by molar-refractivity contribution is -0.144. The van der Waals surface area contributed by atoms with Crippen molar-refractivity contribution in [3.05, 3.63) is 0 Å². The lowest BCUT2D eigenvalue weighted by Crippen LogP contribution is -2.59. The third-order valence-electron chi connectivity index (χ3n) is 7.51. The number of piperidine rings is 1. The number of rotatable bonds is 9. The Morgan fingerprint density at radius 3 is 2.17 bits per heavy atom. The highest BCUT2D eigenvalue weighted by Crippen LogP contribution is 2.65. The fourth-order valence-electron chi connectivity index (χ4n) is 5.29. The van der Waals surface area contributed by atoms with Crippen LogP contribution in [0, 0.1) is 29.1 Å². The van der Waals surface area contributed by atoms with Crippen LogP contribution in [0.25, 0.3) is 0 Å². The topological polar surface area (TPSA) is 148 Å². The number of carbonyl (C=O) groups is 5. The van der Waals surface area contributed by atoms with Crippen molar-refractivity contribution >= 4 is 29.6 Å². The van der Waals surface area contributed by atoms with E-state index < -0.39 is 47.4 Å². The number of carbonyl (C=O) groups excluding carboxylic acids is 5. The number of likely N-dealkylation sites (tertiary alicyclic amines) is 1. The first-order valence-electron chi connectivity index (χ1n) is 12.5. The van der Waals surface area contributed by atoms with Crippen molar-refractivity contribution in [3.8, 4) is 0 Å². The molecule has 2 saturated carbocycles. The smallest absolute Gasteiger partial charge is 0.408 e. The summed E-state index contributed by atoms with van der Waals surface area (Å²) in [6.45, 7) is 13.3. The number of fused-ring (bicyclic) bond motifs is 1. The summed E-state index contributed by atoms with van der Waals surface area (Å²) in [7, 11) is 0. The van der Waals surface area contributed by atoms with Gasteiger partial charge in [-0.15, -0.1) is 0 Å². The number of hydrogen-bond donors (Lipinski definition) is 3. The number of nitrogens with one attached hydrogen (secondary N) is 2. The number of primary amides is 1. The Morgan fingerprint density at radius 1 is 1.09 bits per heavy atom. The van der Waals surface area contributed by atoms with Crippen molar-refractivity contribution in [1.29, 1.82) is 0 Å². The van der Waals surface area contributed by atoms with Crippen LogP contribution < -0.4 is 16.4 Å². The number of nitrogens with zero attached hydrogens (tertiary/aromatic N) is 1. The van der Waals surface area contributed by atoms with Gasteiger partial charge in [0.05, 0.1) is 6.04 Å². The largest absolute Gasteiger partial charge is 0.444 e. The summed E-state index contributed by atoms with van der Waals surface area (Å²) in [6.07, 6.45) is 1.54. The minimum atomic E-state index is -1.08. The van der Waals surface area contributed by atoms with Crippen molar-refractivity contribution < 1.29 is 28.7 Å². The van der Waals surface area contributed by atoms with Crippen LogP contribution in [0.4, 0.5) is 4.79 Å². The number of nitrogens with two attached hydrogens (primary N) is 1.